The van der Waals surface area contributed by atoms with Crippen LogP contribution in [0.3, 0.4) is 0 Å². The molecule has 0 aromatic heterocycles. The van der Waals surface area contributed by atoms with Gasteiger partial charge in [-0.05, 0) is 25.1 Å². The van der Waals surface area contributed by atoms with Gasteiger partial charge >= 0.3 is 0 Å². The third-order valence-corrected chi connectivity index (χ3v) is 4.05. The fourth-order valence-electron chi connectivity index (χ4n) is 2.65. The molecule has 0 saturated heterocycles. The van der Waals surface area contributed by atoms with Crippen LogP contribution in [0, 0.1) is 0 Å². The Balaban J connectivity index is 2.32. The summed E-state index contributed by atoms with van der Waals surface area (Å²) in [5.74, 6) is 0.831. The van der Waals surface area contributed by atoms with E-state index in [9.17, 15) is 9.59 Å². The Labute approximate surface area is 170 Å². The summed E-state index contributed by atoms with van der Waals surface area (Å²) in [5.41, 5.74) is 1.40. The lowest BCUT2D eigenvalue weighted by Gasteiger charge is -2.17. The fraction of sp³-hybridized carbons (Fsp3) is 0.273. The highest BCUT2D eigenvalue weighted by molar-refractivity contribution is 6.08. The third kappa shape index (κ3) is 5.51. The van der Waals surface area contributed by atoms with Crippen LogP contribution in [0.15, 0.2) is 42.5 Å². The number of carbonyl (C=O) groups is 2. The van der Waals surface area contributed by atoms with Gasteiger partial charge in [-0.25, -0.2) is 0 Å². The Kier molecular flexibility index (Phi) is 7.65. The second-order valence-corrected chi connectivity index (χ2v) is 6.25. The number of nitrogens with one attached hydrogen (secondary N) is 1. The number of benzene rings is 2. The van der Waals surface area contributed by atoms with Crippen LogP contribution in [0.5, 0.6) is 17.2 Å². The van der Waals surface area contributed by atoms with E-state index in [-0.39, 0.29) is 5.91 Å². The highest BCUT2D eigenvalue weighted by atomic mass is 16.5. The molecule has 0 aliphatic heterocycles. The zero-order valence-corrected chi connectivity index (χ0v) is 17.3. The zero-order valence-electron chi connectivity index (χ0n) is 17.3. The number of amides is 2. The summed E-state index contributed by atoms with van der Waals surface area (Å²) in [5, 5.41) is 2.74. The van der Waals surface area contributed by atoms with Gasteiger partial charge in [0.05, 0.1) is 32.1 Å². The van der Waals surface area contributed by atoms with E-state index in [1.807, 2.05) is 31.2 Å². The van der Waals surface area contributed by atoms with Gasteiger partial charge in [-0.1, -0.05) is 18.2 Å². The molecule has 2 aromatic rings. The molecule has 2 amide bonds. The number of anilines is 1. The molecule has 0 spiro atoms. The smallest absolute Gasteiger partial charge is 0.255 e. The lowest BCUT2D eigenvalue weighted by atomic mass is 10.1. The van der Waals surface area contributed by atoms with Gasteiger partial charge in [0.1, 0.15) is 5.75 Å². The molecule has 0 radical (unpaired) electrons. The van der Waals surface area contributed by atoms with Gasteiger partial charge in [0.15, 0.2) is 11.5 Å². The fourth-order valence-corrected chi connectivity index (χ4v) is 2.65. The van der Waals surface area contributed by atoms with Crippen molar-refractivity contribution in [3.63, 3.8) is 0 Å². The Bertz CT molecular complexity index is 906. The van der Waals surface area contributed by atoms with Crippen molar-refractivity contribution in [1.29, 1.82) is 0 Å². The Morgan fingerprint density at radius 2 is 1.69 bits per heavy atom. The highest BCUT2D eigenvalue weighted by Gasteiger charge is 2.19. The minimum atomic E-state index is -0.392. The number of methoxy groups -OCH3 is 2. The average molecular weight is 398 g/mol. The van der Waals surface area contributed by atoms with Gasteiger partial charge in [-0.2, -0.15) is 0 Å². The molecule has 0 aliphatic carbocycles. The number of nitrogens with zero attached hydrogens (tertiary/aromatic N) is 1. The number of ether oxygens (including phenoxy) is 3. The van der Waals surface area contributed by atoms with E-state index in [1.54, 1.807) is 32.3 Å². The van der Waals surface area contributed by atoms with Crippen molar-refractivity contribution in [2.24, 2.45) is 0 Å². The molecule has 154 valence electrons. The molecule has 0 heterocycles. The number of hydrogen-bond donors (Lipinski definition) is 1. The lowest BCUT2D eigenvalue weighted by Crippen LogP contribution is -2.24. The van der Waals surface area contributed by atoms with Crippen molar-refractivity contribution in [2.45, 2.75) is 6.92 Å². The van der Waals surface area contributed by atoms with Crippen molar-refractivity contribution in [3.8, 4) is 17.2 Å². The number of para-hydroxylation sites is 1. The van der Waals surface area contributed by atoms with Gasteiger partial charge in [0.2, 0.25) is 5.91 Å². The Morgan fingerprint density at radius 1 is 1.03 bits per heavy atom. The lowest BCUT2D eigenvalue weighted by molar-refractivity contribution is -0.111. The molecule has 1 N–H and O–H groups in total. The van der Waals surface area contributed by atoms with Crippen molar-refractivity contribution < 1.29 is 23.8 Å². The number of hydrogen-bond acceptors (Lipinski definition) is 5. The van der Waals surface area contributed by atoms with Crippen LogP contribution < -0.4 is 19.5 Å². The van der Waals surface area contributed by atoms with E-state index in [2.05, 4.69) is 5.32 Å². The molecular weight excluding hydrogens is 372 g/mol. The van der Waals surface area contributed by atoms with Crippen LogP contribution in [0.2, 0.25) is 0 Å². The summed E-state index contributed by atoms with van der Waals surface area (Å²) < 4.78 is 16.1. The Morgan fingerprint density at radius 3 is 2.31 bits per heavy atom. The number of carbonyl (C=O) groups excluding carboxylic acids is 2. The van der Waals surface area contributed by atoms with E-state index in [0.717, 1.165) is 5.56 Å². The molecule has 0 unspecified atom stereocenters. The quantitative estimate of drug-likeness (QED) is 0.689. The number of rotatable bonds is 8. The van der Waals surface area contributed by atoms with Crippen LogP contribution in [0.25, 0.3) is 6.08 Å². The van der Waals surface area contributed by atoms with Crippen LogP contribution in [-0.2, 0) is 4.79 Å². The molecule has 2 rings (SSSR count). The summed E-state index contributed by atoms with van der Waals surface area (Å²) >= 11 is 0. The summed E-state index contributed by atoms with van der Waals surface area (Å²) in [6.45, 7) is 2.42. The van der Waals surface area contributed by atoms with Crippen LogP contribution in [-0.4, -0.2) is 51.6 Å². The van der Waals surface area contributed by atoms with Gasteiger partial charge in [0.25, 0.3) is 5.91 Å². The van der Waals surface area contributed by atoms with Crippen LogP contribution in [0.1, 0.15) is 22.8 Å². The highest BCUT2D eigenvalue weighted by Crippen LogP contribution is 2.34. The summed E-state index contributed by atoms with van der Waals surface area (Å²) in [7, 11) is 6.24. The van der Waals surface area contributed by atoms with Gasteiger partial charge in [0, 0.05) is 31.8 Å². The van der Waals surface area contributed by atoms with Crippen LogP contribution in [0.4, 0.5) is 5.69 Å². The first-order valence-electron chi connectivity index (χ1n) is 9.09. The maximum absolute atomic E-state index is 12.6. The largest absolute Gasteiger partial charge is 0.493 e. The molecular formula is C22H26N2O5. The minimum Gasteiger partial charge on any atom is -0.493 e. The molecule has 0 bridgehead atoms. The first kappa shape index (κ1) is 21.8. The topological polar surface area (TPSA) is 77.1 Å². The van der Waals surface area contributed by atoms with E-state index in [1.165, 1.54) is 25.2 Å². The molecule has 0 fully saturated rings. The van der Waals surface area contributed by atoms with Gasteiger partial charge < -0.3 is 24.4 Å². The summed E-state index contributed by atoms with van der Waals surface area (Å²) in [4.78, 5) is 26.5. The second-order valence-electron chi connectivity index (χ2n) is 6.25. The normalized spacial score (nSPS) is 10.5. The zero-order chi connectivity index (χ0) is 21.4. The van der Waals surface area contributed by atoms with Gasteiger partial charge in [-0.3, -0.25) is 9.59 Å². The van der Waals surface area contributed by atoms with Gasteiger partial charge in [-0.15, -0.1) is 0 Å². The summed E-state index contributed by atoms with van der Waals surface area (Å²) in [6.07, 6.45) is 3.05. The van der Waals surface area contributed by atoms with Crippen molar-refractivity contribution in [1.82, 2.24) is 4.90 Å². The maximum atomic E-state index is 12.6. The Hall–Kier alpha value is -3.48. The van der Waals surface area contributed by atoms with E-state index in [0.29, 0.717) is 35.1 Å². The third-order valence-electron chi connectivity index (χ3n) is 4.05. The van der Waals surface area contributed by atoms with E-state index in [4.69, 9.17) is 14.2 Å². The molecule has 0 atom stereocenters. The second kappa shape index (κ2) is 10.2. The molecule has 29 heavy (non-hydrogen) atoms. The predicted octanol–water partition coefficient (Wildman–Crippen LogP) is 3.46. The van der Waals surface area contributed by atoms with Crippen molar-refractivity contribution in [3.05, 3.63) is 53.6 Å². The van der Waals surface area contributed by atoms with Crippen LogP contribution >= 0.6 is 0 Å². The molecule has 0 aliphatic rings. The molecule has 0 saturated carbocycles. The van der Waals surface area contributed by atoms with E-state index < -0.39 is 5.91 Å². The predicted molar refractivity (Wildman–Crippen MR) is 113 cm³/mol. The maximum Gasteiger partial charge on any atom is 0.255 e. The van der Waals surface area contributed by atoms with Crippen molar-refractivity contribution in [2.75, 3.05) is 40.2 Å². The molecule has 7 heteroatoms. The SMILES string of the molecule is CCOc1ccccc1/C=C/C(=O)Nc1cc(OC)c(OC)cc1C(=O)N(C)C. The van der Waals surface area contributed by atoms with Crippen molar-refractivity contribution >= 4 is 23.6 Å². The minimum absolute atomic E-state index is 0.271. The summed E-state index contributed by atoms with van der Waals surface area (Å²) in [6, 6.07) is 10.5. The first-order chi connectivity index (χ1) is 13.9. The monoisotopic (exact) mass is 398 g/mol. The van der Waals surface area contributed by atoms with E-state index >= 15 is 0 Å². The molecule has 7 nitrogen and oxygen atoms in total. The average Bonchev–Trinajstić information content (AvgIpc) is 2.72. The first-order valence-corrected chi connectivity index (χ1v) is 9.09. The molecule has 2 aromatic carbocycles. The standard InChI is InChI=1S/C22H26N2O5/c1-6-29-18-10-8-7-9-15(18)11-12-21(25)23-17-14-20(28-5)19(27-4)13-16(17)22(26)24(2)3/h7-14H,6H2,1-5H3,(H,23,25)/b12-11+.